The summed E-state index contributed by atoms with van der Waals surface area (Å²) >= 11 is 11.6. The number of halogens is 3. The van der Waals surface area contributed by atoms with Crippen LogP contribution in [0.1, 0.15) is 11.1 Å². The zero-order valence-electron chi connectivity index (χ0n) is 10.1. The summed E-state index contributed by atoms with van der Waals surface area (Å²) in [4.78, 5) is 0. The first-order valence-corrected chi connectivity index (χ1v) is 6.67. The highest BCUT2D eigenvalue weighted by Gasteiger charge is 2.12. The lowest BCUT2D eigenvalue weighted by Gasteiger charge is -2.12. The molecule has 0 saturated heterocycles. The van der Waals surface area contributed by atoms with Gasteiger partial charge in [0, 0.05) is 11.4 Å². The van der Waals surface area contributed by atoms with Gasteiger partial charge >= 0.3 is 0 Å². The van der Waals surface area contributed by atoms with Crippen LogP contribution >= 0.6 is 23.2 Å². The third-order valence-corrected chi connectivity index (χ3v) is 3.37. The molecule has 0 amide bonds. The van der Waals surface area contributed by atoms with Crippen LogP contribution in [0.25, 0.3) is 0 Å². The van der Waals surface area contributed by atoms with Crippen LogP contribution in [-0.4, -0.2) is 11.2 Å². The molecule has 0 radical (unpaired) electrons. The molecule has 0 aliphatic carbocycles. The lowest BCUT2D eigenvalue weighted by Crippen LogP contribution is -2.15. The zero-order chi connectivity index (χ0) is 13.8. The minimum atomic E-state index is -0.675. The summed E-state index contributed by atoms with van der Waals surface area (Å²) < 4.78 is 13.7. The van der Waals surface area contributed by atoms with E-state index in [4.69, 9.17) is 23.2 Å². The van der Waals surface area contributed by atoms with Crippen molar-refractivity contribution in [1.82, 2.24) is 0 Å². The van der Waals surface area contributed by atoms with Crippen molar-refractivity contribution in [1.29, 1.82) is 0 Å². The highest BCUT2D eigenvalue weighted by molar-refractivity contribution is 6.31. The molecule has 2 aromatic rings. The molecule has 0 aliphatic rings. The highest BCUT2D eigenvalue weighted by Crippen LogP contribution is 2.20. The molecule has 100 valence electrons. The maximum atomic E-state index is 13.7. The van der Waals surface area contributed by atoms with Gasteiger partial charge in [-0.2, -0.15) is 0 Å². The Bertz CT molecular complexity index is 572. The molecule has 4 heteroatoms. The summed E-state index contributed by atoms with van der Waals surface area (Å²) in [7, 11) is 0. The van der Waals surface area contributed by atoms with E-state index in [1.165, 1.54) is 6.07 Å². The van der Waals surface area contributed by atoms with Crippen molar-refractivity contribution >= 4 is 23.2 Å². The Balaban J connectivity index is 2.05. The normalized spacial score (nSPS) is 12.4. The average molecular weight is 299 g/mol. The first-order valence-electron chi connectivity index (χ1n) is 5.91. The molecule has 0 aromatic heterocycles. The van der Waals surface area contributed by atoms with Crippen LogP contribution in [0, 0.1) is 5.82 Å². The monoisotopic (exact) mass is 298 g/mol. The third-order valence-electron chi connectivity index (χ3n) is 2.85. The topological polar surface area (TPSA) is 20.2 Å². The Morgan fingerprint density at radius 3 is 2.53 bits per heavy atom. The quantitative estimate of drug-likeness (QED) is 0.893. The average Bonchev–Trinajstić information content (AvgIpc) is 2.35. The van der Waals surface area contributed by atoms with Crippen LogP contribution < -0.4 is 0 Å². The SMILES string of the molecule is OC(Cc1cccc(Cl)c1)Cc1cccc(Cl)c1F. The van der Waals surface area contributed by atoms with E-state index in [1.807, 2.05) is 12.1 Å². The van der Waals surface area contributed by atoms with Gasteiger partial charge in [0.15, 0.2) is 0 Å². The number of aliphatic hydroxyl groups is 1. The number of hydrogen-bond acceptors (Lipinski definition) is 1. The van der Waals surface area contributed by atoms with Gasteiger partial charge < -0.3 is 5.11 Å². The molecule has 1 atom stereocenters. The molecule has 2 aromatic carbocycles. The number of benzene rings is 2. The van der Waals surface area contributed by atoms with Crippen molar-refractivity contribution in [3.63, 3.8) is 0 Å². The molecule has 0 saturated carbocycles. The summed E-state index contributed by atoms with van der Waals surface area (Å²) in [5.41, 5.74) is 1.34. The Hall–Kier alpha value is -1.09. The minimum absolute atomic E-state index is 0.0763. The smallest absolute Gasteiger partial charge is 0.145 e. The van der Waals surface area contributed by atoms with Crippen molar-refractivity contribution < 1.29 is 9.50 Å². The van der Waals surface area contributed by atoms with Crippen molar-refractivity contribution in [3.05, 3.63) is 69.5 Å². The molecular weight excluding hydrogens is 286 g/mol. The molecule has 1 unspecified atom stereocenters. The van der Waals surface area contributed by atoms with E-state index in [0.29, 0.717) is 17.0 Å². The van der Waals surface area contributed by atoms with Gasteiger partial charge in [0.05, 0.1) is 11.1 Å². The van der Waals surface area contributed by atoms with E-state index in [9.17, 15) is 9.50 Å². The van der Waals surface area contributed by atoms with Crippen LogP contribution in [0.5, 0.6) is 0 Å². The lowest BCUT2D eigenvalue weighted by molar-refractivity contribution is 0.174. The van der Waals surface area contributed by atoms with Crippen LogP contribution in [0.2, 0.25) is 10.0 Å². The summed E-state index contributed by atoms with van der Waals surface area (Å²) in [6.45, 7) is 0. The maximum Gasteiger partial charge on any atom is 0.145 e. The molecule has 0 heterocycles. The number of aliphatic hydroxyl groups excluding tert-OH is 1. The molecule has 19 heavy (non-hydrogen) atoms. The van der Waals surface area contributed by atoms with E-state index >= 15 is 0 Å². The summed E-state index contributed by atoms with van der Waals surface area (Å²) in [6, 6.07) is 12.1. The fourth-order valence-corrected chi connectivity index (χ4v) is 2.38. The van der Waals surface area contributed by atoms with E-state index in [-0.39, 0.29) is 11.4 Å². The molecule has 2 rings (SSSR count). The van der Waals surface area contributed by atoms with Crippen LogP contribution in [0.15, 0.2) is 42.5 Å². The third kappa shape index (κ3) is 3.93. The van der Waals surface area contributed by atoms with Crippen LogP contribution in [0.4, 0.5) is 4.39 Å². The van der Waals surface area contributed by atoms with Gasteiger partial charge in [-0.05, 0) is 35.7 Å². The highest BCUT2D eigenvalue weighted by atomic mass is 35.5. The summed E-state index contributed by atoms with van der Waals surface area (Å²) in [5, 5.41) is 10.7. The van der Waals surface area contributed by atoms with Crippen LogP contribution in [-0.2, 0) is 12.8 Å². The van der Waals surface area contributed by atoms with Gasteiger partial charge in [-0.1, -0.05) is 47.5 Å². The second-order valence-electron chi connectivity index (χ2n) is 4.40. The Morgan fingerprint density at radius 1 is 1.05 bits per heavy atom. The van der Waals surface area contributed by atoms with Gasteiger partial charge in [-0.3, -0.25) is 0 Å². The molecule has 0 fully saturated rings. The fourth-order valence-electron chi connectivity index (χ4n) is 1.97. The molecule has 1 nitrogen and oxygen atoms in total. The van der Waals surface area contributed by atoms with Gasteiger partial charge in [-0.15, -0.1) is 0 Å². The minimum Gasteiger partial charge on any atom is -0.392 e. The number of hydrogen-bond donors (Lipinski definition) is 1. The first kappa shape index (κ1) is 14.3. The van der Waals surface area contributed by atoms with Crippen molar-refractivity contribution in [3.8, 4) is 0 Å². The fraction of sp³-hybridized carbons (Fsp3) is 0.200. The van der Waals surface area contributed by atoms with Gasteiger partial charge in [-0.25, -0.2) is 4.39 Å². The van der Waals surface area contributed by atoms with Gasteiger partial charge in [0.1, 0.15) is 5.82 Å². The van der Waals surface area contributed by atoms with E-state index in [2.05, 4.69) is 0 Å². The largest absolute Gasteiger partial charge is 0.392 e. The predicted octanol–water partition coefficient (Wildman–Crippen LogP) is 4.28. The van der Waals surface area contributed by atoms with Crippen LogP contribution in [0.3, 0.4) is 0 Å². The lowest BCUT2D eigenvalue weighted by atomic mass is 10.0. The maximum absolute atomic E-state index is 13.7. The van der Waals surface area contributed by atoms with Crippen molar-refractivity contribution in [2.75, 3.05) is 0 Å². The Morgan fingerprint density at radius 2 is 1.79 bits per heavy atom. The van der Waals surface area contributed by atoms with Crippen molar-refractivity contribution in [2.45, 2.75) is 18.9 Å². The number of rotatable bonds is 4. The Kier molecular flexibility index (Phi) is 4.81. The second-order valence-corrected chi connectivity index (χ2v) is 5.25. The molecule has 0 bridgehead atoms. The zero-order valence-corrected chi connectivity index (χ0v) is 11.6. The Labute approximate surface area is 121 Å². The first-order chi connectivity index (χ1) is 9.06. The molecular formula is C15H13Cl2FO. The van der Waals surface area contributed by atoms with E-state index in [1.54, 1.807) is 24.3 Å². The second kappa shape index (κ2) is 6.38. The van der Waals surface area contributed by atoms with Gasteiger partial charge in [0.2, 0.25) is 0 Å². The summed E-state index contributed by atoms with van der Waals surface area (Å²) in [5.74, 6) is -0.464. The molecule has 0 spiro atoms. The van der Waals surface area contributed by atoms with Gasteiger partial charge in [0.25, 0.3) is 0 Å². The molecule has 0 aliphatic heterocycles. The van der Waals surface area contributed by atoms with E-state index < -0.39 is 11.9 Å². The predicted molar refractivity (Wildman–Crippen MR) is 76.3 cm³/mol. The molecule has 1 N–H and O–H groups in total. The standard InChI is InChI=1S/C15H13Cl2FO/c16-12-5-1-3-10(7-12)8-13(19)9-11-4-2-6-14(17)15(11)18/h1-7,13,19H,8-9H2. The van der Waals surface area contributed by atoms with Crippen molar-refractivity contribution in [2.24, 2.45) is 0 Å². The summed E-state index contributed by atoms with van der Waals surface area (Å²) in [6.07, 6.45) is -0.0303. The van der Waals surface area contributed by atoms with E-state index in [0.717, 1.165) is 5.56 Å².